The van der Waals surface area contributed by atoms with Crippen LogP contribution in [0.1, 0.15) is 11.1 Å². The first-order valence-electron chi connectivity index (χ1n) is 6.46. The van der Waals surface area contributed by atoms with Crippen LogP contribution in [-0.2, 0) is 17.9 Å². The van der Waals surface area contributed by atoms with Gasteiger partial charge in [0.1, 0.15) is 12.4 Å². The van der Waals surface area contributed by atoms with Crippen molar-refractivity contribution in [3.8, 4) is 5.75 Å². The lowest BCUT2D eigenvalue weighted by Crippen LogP contribution is -2.23. The molecule has 0 aromatic heterocycles. The van der Waals surface area contributed by atoms with Gasteiger partial charge >= 0.3 is 6.09 Å². The van der Waals surface area contributed by atoms with Gasteiger partial charge in [0.15, 0.2) is 0 Å². The summed E-state index contributed by atoms with van der Waals surface area (Å²) in [6.45, 7) is 0.646. The van der Waals surface area contributed by atoms with Crippen LogP contribution in [0.4, 0.5) is 4.79 Å². The Morgan fingerprint density at radius 3 is 2.62 bits per heavy atom. The zero-order valence-electron chi connectivity index (χ0n) is 11.6. The molecule has 0 aliphatic heterocycles. The van der Waals surface area contributed by atoms with E-state index in [0.29, 0.717) is 6.54 Å². The monoisotopic (exact) mass is 349 g/mol. The molecule has 2 aromatic rings. The highest BCUT2D eigenvalue weighted by Crippen LogP contribution is 2.25. The molecule has 0 spiro atoms. The Labute approximate surface area is 132 Å². The third-order valence-corrected chi connectivity index (χ3v) is 3.52. The van der Waals surface area contributed by atoms with E-state index in [1.165, 1.54) is 0 Å². The summed E-state index contributed by atoms with van der Waals surface area (Å²) in [6.07, 6.45) is -0.444. The number of rotatable bonds is 5. The second kappa shape index (κ2) is 7.69. The van der Waals surface area contributed by atoms with Gasteiger partial charge in [-0.25, -0.2) is 4.79 Å². The van der Waals surface area contributed by atoms with Crippen LogP contribution in [0.3, 0.4) is 0 Å². The molecule has 0 atom stereocenters. The molecule has 0 aliphatic carbocycles. The number of benzene rings is 2. The lowest BCUT2D eigenvalue weighted by molar-refractivity contribution is 0.139. The molecule has 0 saturated carbocycles. The van der Waals surface area contributed by atoms with E-state index in [4.69, 9.17) is 9.47 Å². The zero-order chi connectivity index (χ0) is 15.1. The number of methoxy groups -OCH3 is 1. The van der Waals surface area contributed by atoms with E-state index in [2.05, 4.69) is 21.2 Å². The minimum Gasteiger partial charge on any atom is -0.496 e. The Bertz CT molecular complexity index is 602. The first-order chi connectivity index (χ1) is 10.2. The van der Waals surface area contributed by atoms with Crippen LogP contribution in [-0.4, -0.2) is 13.2 Å². The molecule has 0 heterocycles. The summed E-state index contributed by atoms with van der Waals surface area (Å²) in [5.74, 6) is 0.729. The normalized spacial score (nSPS) is 10.0. The molecule has 2 aromatic carbocycles. The molecule has 0 unspecified atom stereocenters. The third-order valence-electron chi connectivity index (χ3n) is 2.87. The molecule has 0 bridgehead atoms. The van der Waals surface area contributed by atoms with E-state index in [9.17, 15) is 4.79 Å². The van der Waals surface area contributed by atoms with Crippen LogP contribution < -0.4 is 10.1 Å². The maximum Gasteiger partial charge on any atom is 0.407 e. The highest BCUT2D eigenvalue weighted by atomic mass is 79.9. The second-order valence-corrected chi connectivity index (χ2v) is 5.24. The van der Waals surface area contributed by atoms with Gasteiger partial charge < -0.3 is 14.8 Å². The standard InChI is InChI=1S/C16H16BrNO3/c1-20-15-9-13(7-8-14(15)17)10-18-16(19)21-11-12-5-3-2-4-6-12/h2-9H,10-11H2,1H3,(H,18,19). The molecule has 110 valence electrons. The largest absolute Gasteiger partial charge is 0.496 e. The minimum absolute atomic E-state index is 0.260. The predicted molar refractivity (Wildman–Crippen MR) is 84.2 cm³/mol. The van der Waals surface area contributed by atoms with Crippen LogP contribution in [0.5, 0.6) is 5.75 Å². The van der Waals surface area contributed by atoms with Gasteiger partial charge in [-0.05, 0) is 39.2 Å². The van der Waals surface area contributed by atoms with Gasteiger partial charge in [0.25, 0.3) is 0 Å². The smallest absolute Gasteiger partial charge is 0.407 e. The number of ether oxygens (including phenoxy) is 2. The SMILES string of the molecule is COc1cc(CNC(=O)OCc2ccccc2)ccc1Br. The number of carbonyl (C=O) groups excluding carboxylic acids is 1. The number of hydrogen-bond donors (Lipinski definition) is 1. The minimum atomic E-state index is -0.444. The molecule has 0 radical (unpaired) electrons. The molecule has 1 N–H and O–H groups in total. The molecule has 2 rings (SSSR count). The first-order valence-corrected chi connectivity index (χ1v) is 7.25. The second-order valence-electron chi connectivity index (χ2n) is 4.38. The molecule has 5 heteroatoms. The van der Waals surface area contributed by atoms with Gasteiger partial charge in [0.2, 0.25) is 0 Å². The highest BCUT2D eigenvalue weighted by Gasteiger charge is 2.05. The summed E-state index contributed by atoms with van der Waals surface area (Å²) in [7, 11) is 1.60. The molecular weight excluding hydrogens is 334 g/mol. The third kappa shape index (κ3) is 4.79. The average Bonchev–Trinajstić information content (AvgIpc) is 2.53. The number of alkyl carbamates (subject to hydrolysis) is 1. The van der Waals surface area contributed by atoms with Gasteiger partial charge in [-0.15, -0.1) is 0 Å². The topological polar surface area (TPSA) is 47.6 Å². The number of halogens is 1. The van der Waals surface area contributed by atoms with E-state index in [1.807, 2.05) is 48.5 Å². The van der Waals surface area contributed by atoms with Gasteiger partial charge in [0, 0.05) is 6.54 Å². The first kappa shape index (κ1) is 15.4. The van der Waals surface area contributed by atoms with E-state index in [1.54, 1.807) is 7.11 Å². The summed E-state index contributed by atoms with van der Waals surface area (Å²) >= 11 is 3.38. The van der Waals surface area contributed by atoms with Crippen LogP contribution in [0.15, 0.2) is 53.0 Å². The zero-order valence-corrected chi connectivity index (χ0v) is 13.2. The fourth-order valence-corrected chi connectivity index (χ4v) is 2.17. The quantitative estimate of drug-likeness (QED) is 0.890. The van der Waals surface area contributed by atoms with Gasteiger partial charge in [-0.1, -0.05) is 36.4 Å². The highest BCUT2D eigenvalue weighted by molar-refractivity contribution is 9.10. The van der Waals surface area contributed by atoms with Crippen molar-refractivity contribution in [1.82, 2.24) is 5.32 Å². The number of carbonyl (C=O) groups is 1. The van der Waals surface area contributed by atoms with E-state index < -0.39 is 6.09 Å². The molecule has 0 aliphatic rings. The fraction of sp³-hybridized carbons (Fsp3) is 0.188. The number of nitrogens with one attached hydrogen (secondary N) is 1. The lowest BCUT2D eigenvalue weighted by Gasteiger charge is -2.09. The van der Waals surface area contributed by atoms with Crippen molar-refractivity contribution in [3.63, 3.8) is 0 Å². The average molecular weight is 350 g/mol. The van der Waals surface area contributed by atoms with Crippen LogP contribution in [0.2, 0.25) is 0 Å². The van der Waals surface area contributed by atoms with Gasteiger partial charge in [-0.2, -0.15) is 0 Å². The van der Waals surface area contributed by atoms with Crippen molar-refractivity contribution < 1.29 is 14.3 Å². The fourth-order valence-electron chi connectivity index (χ4n) is 1.76. The van der Waals surface area contributed by atoms with Crippen molar-refractivity contribution in [2.75, 3.05) is 7.11 Å². The Balaban J connectivity index is 1.81. The van der Waals surface area contributed by atoms with Crippen LogP contribution >= 0.6 is 15.9 Å². The number of hydrogen-bond acceptors (Lipinski definition) is 3. The van der Waals surface area contributed by atoms with Gasteiger partial charge in [0.05, 0.1) is 11.6 Å². The van der Waals surface area contributed by atoms with Crippen LogP contribution in [0.25, 0.3) is 0 Å². The summed E-state index contributed by atoms with van der Waals surface area (Å²) in [6, 6.07) is 15.2. The Morgan fingerprint density at radius 1 is 1.14 bits per heavy atom. The molecule has 4 nitrogen and oxygen atoms in total. The molecular formula is C16H16BrNO3. The van der Waals surface area contributed by atoms with E-state index in [-0.39, 0.29) is 6.61 Å². The molecule has 0 saturated heterocycles. The van der Waals surface area contributed by atoms with E-state index >= 15 is 0 Å². The van der Waals surface area contributed by atoms with Crippen molar-refractivity contribution >= 4 is 22.0 Å². The summed E-state index contributed by atoms with van der Waals surface area (Å²) in [4.78, 5) is 11.6. The summed E-state index contributed by atoms with van der Waals surface area (Å²) in [5, 5.41) is 2.71. The Morgan fingerprint density at radius 2 is 1.90 bits per heavy atom. The lowest BCUT2D eigenvalue weighted by atomic mass is 10.2. The maximum absolute atomic E-state index is 11.6. The summed E-state index contributed by atoms with van der Waals surface area (Å²) in [5.41, 5.74) is 1.89. The maximum atomic E-state index is 11.6. The Hall–Kier alpha value is -2.01. The predicted octanol–water partition coefficient (Wildman–Crippen LogP) is 3.88. The van der Waals surface area contributed by atoms with E-state index in [0.717, 1.165) is 21.3 Å². The van der Waals surface area contributed by atoms with Crippen LogP contribution in [0, 0.1) is 0 Å². The molecule has 21 heavy (non-hydrogen) atoms. The Kier molecular flexibility index (Phi) is 5.63. The van der Waals surface area contributed by atoms with Crippen molar-refractivity contribution in [2.45, 2.75) is 13.2 Å². The van der Waals surface area contributed by atoms with Gasteiger partial charge in [-0.3, -0.25) is 0 Å². The van der Waals surface area contributed by atoms with Crippen molar-refractivity contribution in [2.24, 2.45) is 0 Å². The van der Waals surface area contributed by atoms with Crippen molar-refractivity contribution in [1.29, 1.82) is 0 Å². The van der Waals surface area contributed by atoms with Crippen molar-refractivity contribution in [3.05, 3.63) is 64.1 Å². The molecule has 1 amide bonds. The molecule has 0 fully saturated rings. The summed E-state index contributed by atoms with van der Waals surface area (Å²) < 4.78 is 11.2. The number of amides is 1.